The summed E-state index contributed by atoms with van der Waals surface area (Å²) in [6, 6.07) is 15.7. The number of nitrogens with one attached hydrogen (secondary N) is 1. The molecule has 0 saturated carbocycles. The molecule has 0 aromatic heterocycles. The van der Waals surface area contributed by atoms with E-state index in [4.69, 9.17) is 4.74 Å². The molecule has 1 aliphatic heterocycles. The van der Waals surface area contributed by atoms with Gasteiger partial charge in [-0.15, -0.1) is 0 Å². The first-order valence-corrected chi connectivity index (χ1v) is 7.77. The van der Waals surface area contributed by atoms with Gasteiger partial charge in [-0.2, -0.15) is 0 Å². The van der Waals surface area contributed by atoms with E-state index in [1.165, 1.54) is 16.3 Å². The van der Waals surface area contributed by atoms with Gasteiger partial charge < -0.3 is 10.1 Å². The van der Waals surface area contributed by atoms with Gasteiger partial charge in [0.25, 0.3) is 0 Å². The Morgan fingerprint density at radius 2 is 2.05 bits per heavy atom. The zero-order valence-electron chi connectivity index (χ0n) is 12.9. The zero-order chi connectivity index (χ0) is 14.7. The van der Waals surface area contributed by atoms with Gasteiger partial charge in [-0.25, -0.2) is 0 Å². The van der Waals surface area contributed by atoms with Crippen molar-refractivity contribution in [2.45, 2.75) is 19.1 Å². The summed E-state index contributed by atoms with van der Waals surface area (Å²) < 4.78 is 5.82. The number of hydrogen-bond donors (Lipinski definition) is 1. The van der Waals surface area contributed by atoms with Crippen LogP contribution in [0.2, 0.25) is 0 Å². The highest BCUT2D eigenvalue weighted by Gasteiger charge is 2.25. The summed E-state index contributed by atoms with van der Waals surface area (Å²) in [6.45, 7) is 6.04. The first kappa shape index (κ1) is 14.5. The molecule has 0 radical (unpaired) electrons. The molecule has 1 aliphatic rings. The molecule has 1 fully saturated rings. The standard InChI is InChI=1S/C18H24N2O/c1-14(20-10-11-21-16(13-20)12-19-2)17-9-5-7-15-6-3-4-8-18(15)17/h3-9,14,16,19H,10-13H2,1-2H3. The largest absolute Gasteiger partial charge is 0.374 e. The molecule has 0 spiro atoms. The lowest BCUT2D eigenvalue weighted by atomic mass is 9.98. The van der Waals surface area contributed by atoms with E-state index >= 15 is 0 Å². The molecule has 2 aromatic rings. The van der Waals surface area contributed by atoms with Gasteiger partial charge in [0.15, 0.2) is 0 Å². The third kappa shape index (κ3) is 3.10. The lowest BCUT2D eigenvalue weighted by Crippen LogP contribution is -2.46. The van der Waals surface area contributed by atoms with Crippen LogP contribution in [0, 0.1) is 0 Å². The maximum atomic E-state index is 5.82. The number of rotatable bonds is 4. The zero-order valence-corrected chi connectivity index (χ0v) is 12.9. The maximum absolute atomic E-state index is 5.82. The minimum atomic E-state index is 0.293. The molecule has 3 heteroatoms. The van der Waals surface area contributed by atoms with Crippen LogP contribution >= 0.6 is 0 Å². The van der Waals surface area contributed by atoms with Crippen molar-refractivity contribution in [2.75, 3.05) is 33.3 Å². The van der Waals surface area contributed by atoms with E-state index in [9.17, 15) is 0 Å². The van der Waals surface area contributed by atoms with Gasteiger partial charge >= 0.3 is 0 Å². The molecule has 0 aliphatic carbocycles. The molecule has 1 heterocycles. The number of hydrogen-bond acceptors (Lipinski definition) is 3. The quantitative estimate of drug-likeness (QED) is 0.934. The van der Waals surface area contributed by atoms with Gasteiger partial charge in [0.05, 0.1) is 12.7 Å². The molecule has 3 rings (SSSR count). The van der Waals surface area contributed by atoms with E-state index in [1.807, 2.05) is 7.05 Å². The summed E-state index contributed by atoms with van der Waals surface area (Å²) in [5.74, 6) is 0. The Morgan fingerprint density at radius 1 is 1.24 bits per heavy atom. The fraction of sp³-hybridized carbons (Fsp3) is 0.444. The fourth-order valence-corrected chi connectivity index (χ4v) is 3.26. The second-order valence-electron chi connectivity index (χ2n) is 5.79. The Kier molecular flexibility index (Phi) is 4.54. The fourth-order valence-electron chi connectivity index (χ4n) is 3.26. The Hall–Kier alpha value is -1.42. The van der Waals surface area contributed by atoms with Crippen molar-refractivity contribution < 1.29 is 4.74 Å². The predicted molar refractivity (Wildman–Crippen MR) is 87.6 cm³/mol. The number of nitrogens with zero attached hydrogens (tertiary/aromatic N) is 1. The van der Waals surface area contributed by atoms with Crippen molar-refractivity contribution >= 4 is 10.8 Å². The van der Waals surface area contributed by atoms with Crippen LogP contribution in [0.15, 0.2) is 42.5 Å². The number of morpholine rings is 1. The smallest absolute Gasteiger partial charge is 0.0826 e. The molecule has 1 saturated heterocycles. The summed E-state index contributed by atoms with van der Waals surface area (Å²) in [5, 5.41) is 5.90. The number of ether oxygens (including phenoxy) is 1. The van der Waals surface area contributed by atoms with Gasteiger partial charge in [-0.1, -0.05) is 42.5 Å². The molecular weight excluding hydrogens is 260 g/mol. The molecule has 1 N–H and O–H groups in total. The van der Waals surface area contributed by atoms with Gasteiger partial charge in [-0.05, 0) is 30.3 Å². The van der Waals surface area contributed by atoms with Crippen molar-refractivity contribution in [3.63, 3.8) is 0 Å². The molecule has 2 aromatic carbocycles. The molecule has 0 amide bonds. The third-order valence-electron chi connectivity index (χ3n) is 4.42. The van der Waals surface area contributed by atoms with E-state index in [0.717, 1.165) is 26.2 Å². The highest BCUT2D eigenvalue weighted by molar-refractivity contribution is 5.86. The minimum absolute atomic E-state index is 0.293. The molecule has 0 bridgehead atoms. The van der Waals surface area contributed by atoms with Crippen LogP contribution < -0.4 is 5.32 Å². The predicted octanol–water partition coefficient (Wildman–Crippen LogP) is 2.82. The van der Waals surface area contributed by atoms with Gasteiger partial charge in [0.2, 0.25) is 0 Å². The normalized spacial score (nSPS) is 21.5. The van der Waals surface area contributed by atoms with Crippen LogP contribution in [0.25, 0.3) is 10.8 Å². The van der Waals surface area contributed by atoms with Crippen molar-refractivity contribution in [2.24, 2.45) is 0 Å². The summed E-state index contributed by atoms with van der Waals surface area (Å²) >= 11 is 0. The molecular formula is C18H24N2O. The summed E-state index contributed by atoms with van der Waals surface area (Å²) in [7, 11) is 1.98. The molecule has 2 unspecified atom stereocenters. The first-order chi connectivity index (χ1) is 10.3. The average Bonchev–Trinajstić information content (AvgIpc) is 2.54. The molecule has 3 nitrogen and oxygen atoms in total. The van der Waals surface area contributed by atoms with Crippen LogP contribution in [-0.4, -0.2) is 44.3 Å². The molecule has 21 heavy (non-hydrogen) atoms. The van der Waals surface area contributed by atoms with Crippen molar-refractivity contribution in [1.82, 2.24) is 10.2 Å². The van der Waals surface area contributed by atoms with E-state index < -0.39 is 0 Å². The lowest BCUT2D eigenvalue weighted by molar-refractivity contribution is -0.0391. The van der Waals surface area contributed by atoms with E-state index in [0.29, 0.717) is 12.1 Å². The van der Waals surface area contributed by atoms with Crippen molar-refractivity contribution in [1.29, 1.82) is 0 Å². The monoisotopic (exact) mass is 284 g/mol. The second-order valence-corrected chi connectivity index (χ2v) is 5.79. The first-order valence-electron chi connectivity index (χ1n) is 7.77. The number of benzene rings is 2. The van der Waals surface area contributed by atoms with Crippen LogP contribution in [0.1, 0.15) is 18.5 Å². The lowest BCUT2D eigenvalue weighted by Gasteiger charge is -2.37. The van der Waals surface area contributed by atoms with E-state index in [2.05, 4.69) is 59.6 Å². The summed E-state index contributed by atoms with van der Waals surface area (Å²) in [6.07, 6.45) is 0.293. The maximum Gasteiger partial charge on any atom is 0.0826 e. The minimum Gasteiger partial charge on any atom is -0.374 e. The number of fused-ring (bicyclic) bond motifs is 1. The second kappa shape index (κ2) is 6.56. The van der Waals surface area contributed by atoms with Gasteiger partial charge in [0, 0.05) is 25.7 Å². The van der Waals surface area contributed by atoms with Crippen molar-refractivity contribution in [3.05, 3.63) is 48.0 Å². The highest BCUT2D eigenvalue weighted by Crippen LogP contribution is 2.29. The van der Waals surface area contributed by atoms with Gasteiger partial charge in [0.1, 0.15) is 0 Å². The van der Waals surface area contributed by atoms with Crippen LogP contribution in [0.4, 0.5) is 0 Å². The molecule has 2 atom stereocenters. The van der Waals surface area contributed by atoms with Crippen LogP contribution in [0.3, 0.4) is 0 Å². The van der Waals surface area contributed by atoms with Gasteiger partial charge in [-0.3, -0.25) is 4.90 Å². The Labute approximate surface area is 126 Å². The average molecular weight is 284 g/mol. The van der Waals surface area contributed by atoms with Crippen molar-refractivity contribution in [3.8, 4) is 0 Å². The van der Waals surface area contributed by atoms with Crippen LogP contribution in [-0.2, 0) is 4.74 Å². The number of likely N-dealkylation sites (N-methyl/N-ethyl adjacent to an activating group) is 1. The third-order valence-corrected chi connectivity index (χ3v) is 4.42. The summed E-state index contributed by atoms with van der Waals surface area (Å²) in [5.41, 5.74) is 1.42. The van der Waals surface area contributed by atoms with E-state index in [-0.39, 0.29) is 0 Å². The SMILES string of the molecule is CNCC1CN(C(C)c2cccc3ccccc23)CCO1. The summed E-state index contributed by atoms with van der Waals surface area (Å²) in [4.78, 5) is 2.54. The Bertz CT molecular complexity index is 591. The highest BCUT2D eigenvalue weighted by atomic mass is 16.5. The van der Waals surface area contributed by atoms with Crippen LogP contribution in [0.5, 0.6) is 0 Å². The topological polar surface area (TPSA) is 24.5 Å². The Morgan fingerprint density at radius 3 is 2.90 bits per heavy atom. The van der Waals surface area contributed by atoms with E-state index in [1.54, 1.807) is 0 Å². The molecule has 112 valence electrons. The Balaban J connectivity index is 1.84.